The van der Waals surface area contributed by atoms with Gasteiger partial charge in [-0.15, -0.1) is 0 Å². The molecule has 0 saturated carbocycles. The van der Waals surface area contributed by atoms with Crippen molar-refractivity contribution in [2.45, 2.75) is 37.5 Å². The smallest absolute Gasteiger partial charge is 0.305 e. The minimum absolute atomic E-state index is 0.0525. The molecule has 0 fully saturated rings. The van der Waals surface area contributed by atoms with Crippen LogP contribution >= 0.6 is 0 Å². The summed E-state index contributed by atoms with van der Waals surface area (Å²) in [5.41, 5.74) is 0.967. The Kier molecular flexibility index (Phi) is 22.0. The minimum Gasteiger partial charge on any atom is -0.481 e. The molecule has 13 nitrogen and oxygen atoms in total. The summed E-state index contributed by atoms with van der Waals surface area (Å²) in [4.78, 5) is 22.0. The van der Waals surface area contributed by atoms with Crippen LogP contribution in [0.25, 0.3) is 0 Å². The van der Waals surface area contributed by atoms with E-state index in [0.29, 0.717) is 78.9 Å². The predicted molar refractivity (Wildman–Crippen MR) is 146 cm³/mol. The number of hydrogen-bond donors (Lipinski definition) is 1. The minimum atomic E-state index is -3.78. The number of rotatable bonds is 28. The van der Waals surface area contributed by atoms with E-state index in [0.717, 1.165) is 5.56 Å². The topological polar surface area (TPSA) is 162 Å². The van der Waals surface area contributed by atoms with Crippen LogP contribution in [0.3, 0.4) is 0 Å². The molecule has 0 amide bonds. The van der Waals surface area contributed by atoms with Crippen LogP contribution in [0.5, 0.6) is 0 Å². The van der Waals surface area contributed by atoms with E-state index >= 15 is 0 Å². The van der Waals surface area contributed by atoms with Gasteiger partial charge in [-0.25, -0.2) is 0 Å². The van der Waals surface area contributed by atoms with Crippen LogP contribution in [0.15, 0.2) is 29.2 Å². The Bertz CT molecular complexity index is 906. The van der Waals surface area contributed by atoms with E-state index in [1.54, 1.807) is 12.1 Å². The fourth-order valence-corrected chi connectivity index (χ4v) is 3.90. The van der Waals surface area contributed by atoms with Gasteiger partial charge in [-0.2, -0.15) is 8.42 Å². The third-order valence-electron chi connectivity index (χ3n) is 5.15. The molecule has 1 aromatic carbocycles. The Hall–Kier alpha value is -2.17. The average molecular weight is 609 g/mol. The molecule has 0 saturated heterocycles. The van der Waals surface area contributed by atoms with Gasteiger partial charge in [0.05, 0.1) is 90.8 Å². The highest BCUT2D eigenvalue weighted by Gasteiger charge is 2.14. The largest absolute Gasteiger partial charge is 0.481 e. The maximum Gasteiger partial charge on any atom is 0.305 e. The third kappa shape index (κ3) is 22.1. The normalized spacial score (nSPS) is 11.5. The molecule has 0 aliphatic rings. The number of carbonyl (C=O) groups excluding carboxylic acids is 1. The van der Waals surface area contributed by atoms with Gasteiger partial charge < -0.3 is 38.3 Å². The van der Waals surface area contributed by atoms with Crippen molar-refractivity contribution < 1.29 is 60.5 Å². The molecule has 1 aromatic rings. The Labute approximate surface area is 242 Å². The molecule has 236 valence electrons. The number of unbranched alkanes of at least 4 members (excludes halogenated alkanes) is 1. The number of carboxylic acid groups (broad SMARTS) is 1. The van der Waals surface area contributed by atoms with Gasteiger partial charge in [-0.1, -0.05) is 17.7 Å². The molecule has 0 atom stereocenters. The van der Waals surface area contributed by atoms with Gasteiger partial charge in [0.15, 0.2) is 0 Å². The number of benzene rings is 1. The van der Waals surface area contributed by atoms with Crippen LogP contribution in [0, 0.1) is 6.92 Å². The van der Waals surface area contributed by atoms with Gasteiger partial charge in [-0.05, 0) is 31.9 Å². The van der Waals surface area contributed by atoms with Crippen molar-refractivity contribution in [1.82, 2.24) is 0 Å². The van der Waals surface area contributed by atoms with Crippen LogP contribution in [0.2, 0.25) is 0 Å². The molecule has 1 N–H and O–H groups in total. The zero-order valence-electron chi connectivity index (χ0n) is 23.8. The van der Waals surface area contributed by atoms with Crippen molar-refractivity contribution >= 4 is 22.1 Å². The standard InChI is InChI=1S/C27H44O13S/c1-24-6-8-25(9-7-24)41(31,32)40-23-21-38-19-17-36-15-13-34-11-10-33-12-14-35-16-18-37-20-22-39-27(30)5-3-2-4-26(28)29/h6-9H,2-5,10-23H2,1H3,(H,28,29). The van der Waals surface area contributed by atoms with Crippen LogP contribution in [-0.2, 0) is 57.0 Å². The molecule has 0 unspecified atom stereocenters. The zero-order chi connectivity index (χ0) is 30.0. The summed E-state index contributed by atoms with van der Waals surface area (Å²) in [6.45, 7) is 6.29. The highest BCUT2D eigenvalue weighted by molar-refractivity contribution is 7.86. The van der Waals surface area contributed by atoms with Crippen LogP contribution in [0.1, 0.15) is 31.2 Å². The molecule has 0 aliphatic heterocycles. The molecule has 0 spiro atoms. The van der Waals surface area contributed by atoms with Gasteiger partial charge in [-0.3, -0.25) is 13.8 Å². The lowest BCUT2D eigenvalue weighted by Crippen LogP contribution is -2.15. The SMILES string of the molecule is Cc1ccc(S(=O)(=O)OCCOCCOCCOCCOCCOCCOCCOC(=O)CCCCC(=O)O)cc1. The molecule has 14 heteroatoms. The molecule has 41 heavy (non-hydrogen) atoms. The number of hydrogen-bond acceptors (Lipinski definition) is 12. The number of carbonyl (C=O) groups is 2. The molecule has 0 bridgehead atoms. The molecular formula is C27H44O13S. The second-order valence-corrected chi connectivity index (χ2v) is 10.2. The molecular weight excluding hydrogens is 564 g/mol. The zero-order valence-corrected chi connectivity index (χ0v) is 24.6. The van der Waals surface area contributed by atoms with Crippen molar-refractivity contribution in [1.29, 1.82) is 0 Å². The quantitative estimate of drug-likeness (QED) is 0.0836. The number of aryl methyl sites for hydroxylation is 1. The molecule has 1 rings (SSSR count). The van der Waals surface area contributed by atoms with Crippen molar-refractivity contribution in [3.8, 4) is 0 Å². The number of aliphatic carboxylic acids is 1. The van der Waals surface area contributed by atoms with Crippen LogP contribution in [0.4, 0.5) is 0 Å². The van der Waals surface area contributed by atoms with Gasteiger partial charge in [0.25, 0.3) is 10.1 Å². The van der Waals surface area contributed by atoms with Crippen molar-refractivity contribution in [2.24, 2.45) is 0 Å². The van der Waals surface area contributed by atoms with Crippen LogP contribution in [-0.4, -0.2) is 118 Å². The number of esters is 1. The van der Waals surface area contributed by atoms with Crippen LogP contribution < -0.4 is 0 Å². The Balaban J connectivity index is 1.75. The number of ether oxygens (including phenoxy) is 7. The Morgan fingerprint density at radius 2 is 1.00 bits per heavy atom. The second kappa shape index (κ2) is 24.4. The summed E-state index contributed by atoms with van der Waals surface area (Å²) < 4.78 is 66.2. The fourth-order valence-electron chi connectivity index (χ4n) is 3.01. The van der Waals surface area contributed by atoms with E-state index in [9.17, 15) is 18.0 Å². The summed E-state index contributed by atoms with van der Waals surface area (Å²) in [6.07, 6.45) is 1.20. The fraction of sp³-hybridized carbons (Fsp3) is 0.704. The first-order valence-corrected chi connectivity index (χ1v) is 15.0. The van der Waals surface area contributed by atoms with E-state index in [2.05, 4.69) is 0 Å². The monoisotopic (exact) mass is 608 g/mol. The van der Waals surface area contributed by atoms with Crippen molar-refractivity contribution in [2.75, 3.05) is 92.5 Å². The Morgan fingerprint density at radius 3 is 1.44 bits per heavy atom. The summed E-state index contributed by atoms with van der Waals surface area (Å²) >= 11 is 0. The lowest BCUT2D eigenvalue weighted by molar-refractivity contribution is -0.146. The predicted octanol–water partition coefficient (Wildman–Crippen LogP) is 1.99. The molecule has 0 aliphatic carbocycles. The molecule has 0 radical (unpaired) electrons. The Morgan fingerprint density at radius 1 is 0.610 bits per heavy atom. The van der Waals surface area contributed by atoms with E-state index < -0.39 is 16.1 Å². The lowest BCUT2D eigenvalue weighted by atomic mass is 10.2. The first kappa shape index (κ1) is 36.9. The molecule has 0 aromatic heterocycles. The van der Waals surface area contributed by atoms with E-state index in [-0.39, 0.29) is 50.1 Å². The highest BCUT2D eigenvalue weighted by atomic mass is 32.2. The van der Waals surface area contributed by atoms with Gasteiger partial charge in [0, 0.05) is 12.8 Å². The third-order valence-corrected chi connectivity index (χ3v) is 6.47. The van der Waals surface area contributed by atoms with Crippen molar-refractivity contribution in [3.05, 3.63) is 29.8 Å². The number of carboxylic acids is 1. The lowest BCUT2D eigenvalue weighted by Gasteiger charge is -2.09. The highest BCUT2D eigenvalue weighted by Crippen LogP contribution is 2.12. The second-order valence-electron chi connectivity index (χ2n) is 8.58. The first-order valence-electron chi connectivity index (χ1n) is 13.6. The van der Waals surface area contributed by atoms with E-state index in [1.165, 1.54) is 12.1 Å². The average Bonchev–Trinajstić information content (AvgIpc) is 2.94. The summed E-state index contributed by atoms with van der Waals surface area (Å²) in [5.74, 6) is -1.23. The van der Waals surface area contributed by atoms with E-state index in [1.807, 2.05) is 6.92 Å². The van der Waals surface area contributed by atoms with Gasteiger partial charge in [0.2, 0.25) is 0 Å². The van der Waals surface area contributed by atoms with Gasteiger partial charge >= 0.3 is 11.9 Å². The molecule has 0 heterocycles. The maximum absolute atomic E-state index is 12.0. The van der Waals surface area contributed by atoms with Gasteiger partial charge in [0.1, 0.15) is 6.61 Å². The summed E-state index contributed by atoms with van der Waals surface area (Å²) in [6, 6.07) is 6.44. The van der Waals surface area contributed by atoms with E-state index in [4.69, 9.17) is 42.4 Å². The van der Waals surface area contributed by atoms with Crippen molar-refractivity contribution in [3.63, 3.8) is 0 Å². The first-order chi connectivity index (χ1) is 19.8. The maximum atomic E-state index is 12.0. The summed E-state index contributed by atoms with van der Waals surface area (Å²) in [7, 11) is -3.78. The summed E-state index contributed by atoms with van der Waals surface area (Å²) in [5, 5.41) is 8.53.